The van der Waals surface area contributed by atoms with E-state index in [9.17, 15) is 8.78 Å². The molecule has 4 heteroatoms. The van der Waals surface area contributed by atoms with Crippen LogP contribution in [0.2, 0.25) is 0 Å². The van der Waals surface area contributed by atoms with E-state index in [1.54, 1.807) is 0 Å². The Morgan fingerprint density at radius 1 is 1.21 bits per heavy atom. The molecule has 1 atom stereocenters. The van der Waals surface area contributed by atoms with Gasteiger partial charge >= 0.3 is 0 Å². The fourth-order valence-electron chi connectivity index (χ4n) is 1.52. The lowest BCUT2D eigenvalue weighted by atomic mass is 9.93. The number of ether oxygens (including phenoxy) is 1. The van der Waals surface area contributed by atoms with E-state index in [0.717, 1.165) is 12.8 Å². The van der Waals surface area contributed by atoms with E-state index in [0.29, 0.717) is 18.9 Å². The average Bonchev–Trinajstić information content (AvgIpc) is 2.14. The normalized spacial score (nSPS) is 13.9. The van der Waals surface area contributed by atoms with Gasteiger partial charge in [-0.15, -0.1) is 0 Å². The summed E-state index contributed by atoms with van der Waals surface area (Å²) in [5.74, 6) is 0.477. The molecule has 1 unspecified atom stereocenters. The van der Waals surface area contributed by atoms with Gasteiger partial charge in [0.1, 0.15) is 6.61 Å². The van der Waals surface area contributed by atoms with Crippen molar-refractivity contribution in [1.29, 1.82) is 0 Å². The summed E-state index contributed by atoms with van der Waals surface area (Å²) < 4.78 is 28.2. The van der Waals surface area contributed by atoms with E-state index < -0.39 is 13.0 Å². The van der Waals surface area contributed by atoms with Gasteiger partial charge in [0.05, 0.1) is 0 Å². The van der Waals surface area contributed by atoms with Crippen molar-refractivity contribution in [2.75, 3.05) is 13.2 Å². The van der Waals surface area contributed by atoms with E-state index in [-0.39, 0.29) is 6.04 Å². The van der Waals surface area contributed by atoms with E-state index in [1.165, 1.54) is 0 Å². The maximum absolute atomic E-state index is 11.7. The lowest BCUT2D eigenvalue weighted by Crippen LogP contribution is -2.30. The topological polar surface area (TPSA) is 35.2 Å². The fourth-order valence-corrected chi connectivity index (χ4v) is 1.52. The van der Waals surface area contributed by atoms with Crippen LogP contribution in [-0.2, 0) is 4.74 Å². The third kappa shape index (κ3) is 6.27. The van der Waals surface area contributed by atoms with Crippen LogP contribution in [0.25, 0.3) is 0 Å². The molecule has 0 aromatic rings. The third-order valence-electron chi connectivity index (χ3n) is 2.49. The molecule has 2 nitrogen and oxygen atoms in total. The fraction of sp³-hybridized carbons (Fsp3) is 1.00. The van der Waals surface area contributed by atoms with Crippen LogP contribution in [0.4, 0.5) is 8.78 Å². The SMILES string of the molecule is CCC(CC)C(N)CCOCC(F)F. The van der Waals surface area contributed by atoms with Gasteiger partial charge in [-0.25, -0.2) is 8.78 Å². The molecule has 14 heavy (non-hydrogen) atoms. The summed E-state index contributed by atoms with van der Waals surface area (Å²) in [4.78, 5) is 0. The first-order valence-electron chi connectivity index (χ1n) is 5.23. The lowest BCUT2D eigenvalue weighted by Gasteiger charge is -2.20. The Labute approximate surface area is 84.8 Å². The van der Waals surface area contributed by atoms with Gasteiger partial charge < -0.3 is 10.5 Å². The predicted octanol–water partition coefficient (Wildman–Crippen LogP) is 2.42. The highest BCUT2D eigenvalue weighted by Crippen LogP contribution is 2.13. The number of rotatable bonds is 8. The highest BCUT2D eigenvalue weighted by atomic mass is 19.3. The van der Waals surface area contributed by atoms with Crippen molar-refractivity contribution in [3.05, 3.63) is 0 Å². The molecule has 0 amide bonds. The van der Waals surface area contributed by atoms with Crippen LogP contribution in [0.15, 0.2) is 0 Å². The second-order valence-corrected chi connectivity index (χ2v) is 3.50. The van der Waals surface area contributed by atoms with E-state index in [4.69, 9.17) is 10.5 Å². The van der Waals surface area contributed by atoms with Gasteiger partial charge in [-0.1, -0.05) is 26.7 Å². The summed E-state index contributed by atoms with van der Waals surface area (Å²) in [6, 6.07) is 0.0719. The van der Waals surface area contributed by atoms with Crippen molar-refractivity contribution in [3.8, 4) is 0 Å². The highest BCUT2D eigenvalue weighted by molar-refractivity contribution is 4.70. The summed E-state index contributed by atoms with van der Waals surface area (Å²) >= 11 is 0. The molecule has 0 aromatic heterocycles. The molecule has 0 aliphatic heterocycles. The molecule has 0 aliphatic carbocycles. The summed E-state index contributed by atoms with van der Waals surface area (Å²) in [6.45, 7) is 4.04. The Hall–Kier alpha value is -0.220. The number of nitrogens with two attached hydrogens (primary N) is 1. The number of halogens is 2. The van der Waals surface area contributed by atoms with Crippen LogP contribution in [0.3, 0.4) is 0 Å². The molecule has 0 radical (unpaired) electrons. The first-order chi connectivity index (χ1) is 6.61. The second kappa shape index (κ2) is 8.12. The van der Waals surface area contributed by atoms with Crippen molar-refractivity contribution in [1.82, 2.24) is 0 Å². The molecule has 0 fully saturated rings. The Kier molecular flexibility index (Phi) is 7.99. The van der Waals surface area contributed by atoms with Gasteiger partial charge in [0.25, 0.3) is 6.43 Å². The molecule has 0 aromatic carbocycles. The maximum atomic E-state index is 11.7. The Morgan fingerprint density at radius 2 is 1.79 bits per heavy atom. The van der Waals surface area contributed by atoms with Crippen molar-refractivity contribution in [2.45, 2.75) is 45.6 Å². The van der Waals surface area contributed by atoms with Crippen molar-refractivity contribution in [3.63, 3.8) is 0 Å². The quantitative estimate of drug-likeness (QED) is 0.623. The van der Waals surface area contributed by atoms with E-state index in [2.05, 4.69) is 13.8 Å². The summed E-state index contributed by atoms with van der Waals surface area (Å²) in [6.07, 6.45) is 0.359. The van der Waals surface area contributed by atoms with Crippen molar-refractivity contribution in [2.24, 2.45) is 11.7 Å². The molecular weight excluding hydrogens is 188 g/mol. The molecule has 2 N–H and O–H groups in total. The lowest BCUT2D eigenvalue weighted by molar-refractivity contribution is 0.0138. The monoisotopic (exact) mass is 209 g/mol. The molecule has 0 saturated heterocycles. The van der Waals surface area contributed by atoms with Crippen LogP contribution in [0, 0.1) is 5.92 Å². The Balaban J connectivity index is 3.47. The second-order valence-electron chi connectivity index (χ2n) is 3.50. The van der Waals surface area contributed by atoms with Gasteiger partial charge in [0, 0.05) is 12.6 Å². The van der Waals surface area contributed by atoms with Gasteiger partial charge in [0.2, 0.25) is 0 Å². The standard InChI is InChI=1S/C10H21F2NO/c1-3-8(4-2)9(13)5-6-14-7-10(11)12/h8-10H,3-7,13H2,1-2H3. The third-order valence-corrected chi connectivity index (χ3v) is 2.49. The maximum Gasteiger partial charge on any atom is 0.261 e. The molecule has 0 spiro atoms. The Morgan fingerprint density at radius 3 is 2.21 bits per heavy atom. The zero-order valence-electron chi connectivity index (χ0n) is 9.01. The smallest absolute Gasteiger partial charge is 0.261 e. The van der Waals surface area contributed by atoms with Crippen molar-refractivity contribution >= 4 is 0 Å². The zero-order chi connectivity index (χ0) is 11.0. The number of hydrogen-bond acceptors (Lipinski definition) is 2. The Bertz CT molecular complexity index is 129. The summed E-state index contributed by atoms with van der Waals surface area (Å²) in [7, 11) is 0. The molecule has 0 bridgehead atoms. The van der Waals surface area contributed by atoms with Crippen LogP contribution >= 0.6 is 0 Å². The first-order valence-corrected chi connectivity index (χ1v) is 5.23. The summed E-state index contributed by atoms with van der Waals surface area (Å²) in [5.41, 5.74) is 5.89. The first kappa shape index (κ1) is 13.8. The van der Waals surface area contributed by atoms with Crippen LogP contribution in [-0.4, -0.2) is 25.7 Å². The minimum atomic E-state index is -2.38. The average molecular weight is 209 g/mol. The number of hydrogen-bond donors (Lipinski definition) is 1. The van der Waals surface area contributed by atoms with Gasteiger partial charge in [-0.3, -0.25) is 0 Å². The summed E-state index contributed by atoms with van der Waals surface area (Å²) in [5, 5.41) is 0. The molecule has 86 valence electrons. The zero-order valence-corrected chi connectivity index (χ0v) is 9.01. The molecule has 0 heterocycles. The van der Waals surface area contributed by atoms with E-state index >= 15 is 0 Å². The van der Waals surface area contributed by atoms with Crippen molar-refractivity contribution < 1.29 is 13.5 Å². The van der Waals surface area contributed by atoms with E-state index in [1.807, 2.05) is 0 Å². The van der Waals surface area contributed by atoms with Gasteiger partial charge in [-0.05, 0) is 12.3 Å². The molecule has 0 aliphatic rings. The molecule has 0 rings (SSSR count). The highest BCUT2D eigenvalue weighted by Gasteiger charge is 2.13. The minimum Gasteiger partial charge on any atom is -0.375 e. The molecular formula is C10H21F2NO. The van der Waals surface area contributed by atoms with Gasteiger partial charge in [0.15, 0.2) is 0 Å². The minimum absolute atomic E-state index is 0.0719. The number of alkyl halides is 2. The van der Waals surface area contributed by atoms with Crippen LogP contribution in [0.5, 0.6) is 0 Å². The molecule has 0 saturated carbocycles. The predicted molar refractivity (Wildman–Crippen MR) is 53.5 cm³/mol. The van der Waals surface area contributed by atoms with Crippen LogP contribution < -0.4 is 5.73 Å². The largest absolute Gasteiger partial charge is 0.375 e. The van der Waals surface area contributed by atoms with Gasteiger partial charge in [-0.2, -0.15) is 0 Å². The van der Waals surface area contributed by atoms with Crippen LogP contribution in [0.1, 0.15) is 33.1 Å².